The number of alkyl halides is 3. The number of pyridine rings is 1. The van der Waals surface area contributed by atoms with Crippen LogP contribution in [0.1, 0.15) is 11.3 Å². The largest absolute Gasteiger partial charge is 0.435 e. The van der Waals surface area contributed by atoms with Crippen molar-refractivity contribution >= 4 is 22.2 Å². The molecule has 0 amide bonds. The van der Waals surface area contributed by atoms with Gasteiger partial charge in [-0.25, -0.2) is 14.6 Å². The first-order chi connectivity index (χ1) is 14.4. The first-order valence-electron chi connectivity index (χ1n) is 8.90. The highest BCUT2D eigenvalue weighted by atomic mass is 19.4. The third-order valence-corrected chi connectivity index (χ3v) is 4.70. The molecule has 0 unspecified atom stereocenters. The molecule has 0 spiro atoms. The summed E-state index contributed by atoms with van der Waals surface area (Å²) in [5.74, 6) is 0. The third kappa shape index (κ3) is 3.04. The van der Waals surface area contributed by atoms with Crippen LogP contribution in [0.2, 0.25) is 0 Å². The predicted molar refractivity (Wildman–Crippen MR) is 101 cm³/mol. The number of aryl methyl sites for hydroxylation is 1. The Bertz CT molecular complexity index is 1380. The van der Waals surface area contributed by atoms with Gasteiger partial charge in [0.25, 0.3) is 0 Å². The smallest absolute Gasteiger partial charge is 0.266 e. The molecule has 0 N–H and O–H groups in total. The van der Waals surface area contributed by atoms with E-state index in [9.17, 15) is 13.2 Å². The van der Waals surface area contributed by atoms with Crippen LogP contribution in [-0.2, 0) is 19.8 Å². The normalized spacial score (nSPS) is 12.1. The summed E-state index contributed by atoms with van der Waals surface area (Å²) >= 11 is 0. The summed E-state index contributed by atoms with van der Waals surface area (Å²) in [5, 5.41) is 12.6. The summed E-state index contributed by atoms with van der Waals surface area (Å²) < 4.78 is 41.7. The van der Waals surface area contributed by atoms with Crippen molar-refractivity contribution in [1.82, 2.24) is 39.7 Å². The zero-order valence-electron chi connectivity index (χ0n) is 15.5. The number of fused-ring (bicyclic) bond motifs is 2. The van der Waals surface area contributed by atoms with Gasteiger partial charge in [-0.05, 0) is 17.7 Å². The molecule has 0 aliphatic carbocycles. The maximum atomic E-state index is 13.0. The van der Waals surface area contributed by atoms with Crippen LogP contribution < -0.4 is 0 Å². The Morgan fingerprint density at radius 2 is 1.90 bits per heavy atom. The topological polar surface area (TPSA) is 87.2 Å². The lowest BCUT2D eigenvalue weighted by Crippen LogP contribution is -2.06. The van der Waals surface area contributed by atoms with Crippen molar-refractivity contribution in [3.63, 3.8) is 0 Å². The number of hydrogen-bond acceptors (Lipinski definition) is 6. The zero-order chi connectivity index (χ0) is 20.9. The molecule has 150 valence electrons. The van der Waals surface area contributed by atoms with E-state index in [2.05, 4.69) is 30.4 Å². The van der Waals surface area contributed by atoms with Gasteiger partial charge in [0, 0.05) is 18.6 Å². The Kier molecular flexibility index (Phi) is 3.98. The van der Waals surface area contributed by atoms with E-state index >= 15 is 0 Å². The van der Waals surface area contributed by atoms with Crippen molar-refractivity contribution in [3.05, 3.63) is 60.0 Å². The highest BCUT2D eigenvalue weighted by molar-refractivity contribution is 5.81. The molecule has 0 aliphatic heterocycles. The Labute approximate surface area is 167 Å². The van der Waals surface area contributed by atoms with Crippen molar-refractivity contribution in [2.75, 3.05) is 0 Å². The van der Waals surface area contributed by atoms with Gasteiger partial charge in [0.1, 0.15) is 5.69 Å². The van der Waals surface area contributed by atoms with Crippen molar-refractivity contribution in [3.8, 4) is 11.4 Å². The van der Waals surface area contributed by atoms with E-state index in [-0.39, 0.29) is 11.4 Å². The van der Waals surface area contributed by atoms with Gasteiger partial charge in [0.2, 0.25) is 5.65 Å². The molecule has 4 heterocycles. The first-order valence-corrected chi connectivity index (χ1v) is 8.90. The number of aromatic nitrogens is 8. The number of halogens is 3. The minimum absolute atomic E-state index is 0.191. The molecule has 0 bridgehead atoms. The number of para-hydroxylation sites is 1. The fraction of sp³-hybridized carbons (Fsp3) is 0.158. The maximum absolute atomic E-state index is 13.0. The van der Waals surface area contributed by atoms with Crippen LogP contribution in [0.4, 0.5) is 13.2 Å². The van der Waals surface area contributed by atoms with Crippen LogP contribution >= 0.6 is 0 Å². The van der Waals surface area contributed by atoms with Crippen LogP contribution in [0.5, 0.6) is 0 Å². The van der Waals surface area contributed by atoms with Gasteiger partial charge in [-0.15, -0.1) is 5.10 Å². The molecule has 5 rings (SSSR count). The fourth-order valence-corrected chi connectivity index (χ4v) is 3.29. The Morgan fingerprint density at radius 1 is 1.07 bits per heavy atom. The molecule has 0 saturated heterocycles. The second kappa shape index (κ2) is 6.58. The van der Waals surface area contributed by atoms with Gasteiger partial charge >= 0.3 is 6.18 Å². The molecule has 0 radical (unpaired) electrons. The maximum Gasteiger partial charge on any atom is 0.435 e. The molecular formula is C19H13F3N8. The second-order valence-electron chi connectivity index (χ2n) is 6.68. The van der Waals surface area contributed by atoms with Crippen LogP contribution in [0.3, 0.4) is 0 Å². The third-order valence-electron chi connectivity index (χ3n) is 4.70. The zero-order valence-corrected chi connectivity index (χ0v) is 15.5. The molecule has 4 aromatic heterocycles. The summed E-state index contributed by atoms with van der Waals surface area (Å²) in [4.78, 5) is 13.1. The number of hydrogen-bond donors (Lipinski definition) is 0. The average Bonchev–Trinajstić information content (AvgIpc) is 3.31. The summed E-state index contributed by atoms with van der Waals surface area (Å²) in [6.45, 7) is 0.335. The van der Waals surface area contributed by atoms with Gasteiger partial charge in [0.05, 0.1) is 24.0 Å². The quantitative estimate of drug-likeness (QED) is 0.454. The van der Waals surface area contributed by atoms with Crippen molar-refractivity contribution in [2.45, 2.75) is 12.7 Å². The first kappa shape index (κ1) is 18.2. The SMILES string of the molecule is Cn1nc(C(F)(F)F)cc1-c1cnc2nnn(Cc3cccc4cccnc34)c2n1. The molecule has 8 nitrogen and oxygen atoms in total. The van der Waals surface area contributed by atoms with E-state index in [4.69, 9.17) is 0 Å². The van der Waals surface area contributed by atoms with Crippen molar-refractivity contribution < 1.29 is 13.2 Å². The van der Waals surface area contributed by atoms with E-state index in [1.165, 1.54) is 13.2 Å². The van der Waals surface area contributed by atoms with Crippen LogP contribution in [0.15, 0.2) is 48.8 Å². The molecule has 0 aliphatic rings. The van der Waals surface area contributed by atoms with E-state index in [1.807, 2.05) is 30.3 Å². The molecule has 11 heteroatoms. The monoisotopic (exact) mass is 410 g/mol. The highest BCUT2D eigenvalue weighted by Gasteiger charge is 2.35. The van der Waals surface area contributed by atoms with Crippen LogP contribution in [0.25, 0.3) is 33.6 Å². The number of nitrogens with zero attached hydrogens (tertiary/aromatic N) is 8. The molecule has 1 aromatic carbocycles. The molecular weight excluding hydrogens is 397 g/mol. The second-order valence-corrected chi connectivity index (χ2v) is 6.68. The predicted octanol–water partition coefficient (Wildman–Crippen LogP) is 3.24. The van der Waals surface area contributed by atoms with Gasteiger partial charge in [-0.2, -0.15) is 18.3 Å². The Morgan fingerprint density at radius 3 is 2.70 bits per heavy atom. The lowest BCUT2D eigenvalue weighted by atomic mass is 10.1. The number of rotatable bonds is 3. The van der Waals surface area contributed by atoms with E-state index < -0.39 is 11.9 Å². The summed E-state index contributed by atoms with van der Waals surface area (Å²) in [6.07, 6.45) is -1.47. The molecule has 5 aromatic rings. The molecule has 0 saturated carbocycles. The minimum Gasteiger partial charge on any atom is -0.266 e. The van der Waals surface area contributed by atoms with Crippen LogP contribution in [-0.4, -0.2) is 39.7 Å². The Balaban J connectivity index is 1.58. The summed E-state index contributed by atoms with van der Waals surface area (Å²) in [6, 6.07) is 10.6. The minimum atomic E-state index is -4.54. The fourth-order valence-electron chi connectivity index (χ4n) is 3.29. The molecule has 0 fully saturated rings. The molecule has 30 heavy (non-hydrogen) atoms. The highest BCUT2D eigenvalue weighted by Crippen LogP contribution is 2.31. The number of benzene rings is 1. The van der Waals surface area contributed by atoms with Gasteiger partial charge in [0.15, 0.2) is 11.3 Å². The van der Waals surface area contributed by atoms with E-state index in [0.29, 0.717) is 17.8 Å². The Hall–Kier alpha value is -3.89. The van der Waals surface area contributed by atoms with Gasteiger partial charge in [-0.3, -0.25) is 9.67 Å². The summed E-state index contributed by atoms with van der Waals surface area (Å²) in [5.41, 5.74) is 1.83. The van der Waals surface area contributed by atoms with Crippen molar-refractivity contribution in [1.29, 1.82) is 0 Å². The van der Waals surface area contributed by atoms with Crippen LogP contribution in [0, 0.1) is 0 Å². The van der Waals surface area contributed by atoms with Gasteiger partial charge in [-0.1, -0.05) is 29.5 Å². The standard InChI is InChI=1S/C19H13F3N8/c1-29-14(8-15(27-29)19(20,21)22)13-9-24-17-18(25-13)30(28-26-17)10-12-5-2-4-11-6-3-7-23-16(11)12/h2-9H,10H2,1H3. The van der Waals surface area contributed by atoms with E-state index in [0.717, 1.165) is 27.2 Å². The lowest BCUT2D eigenvalue weighted by molar-refractivity contribution is -0.141. The van der Waals surface area contributed by atoms with E-state index in [1.54, 1.807) is 10.9 Å². The van der Waals surface area contributed by atoms with Crippen molar-refractivity contribution in [2.24, 2.45) is 7.05 Å². The lowest BCUT2D eigenvalue weighted by Gasteiger charge is -2.06. The summed E-state index contributed by atoms with van der Waals surface area (Å²) in [7, 11) is 1.42. The molecule has 0 atom stereocenters. The van der Waals surface area contributed by atoms with Gasteiger partial charge < -0.3 is 0 Å². The average molecular weight is 410 g/mol.